The largest absolute Gasteiger partial charge is 0.445 e. The van der Waals surface area contributed by atoms with Crippen LogP contribution < -0.4 is 10.6 Å². The molecule has 23 heavy (non-hydrogen) atoms. The van der Waals surface area contributed by atoms with Crippen molar-refractivity contribution < 1.29 is 14.3 Å². The number of nitrogens with one attached hydrogen (secondary N) is 2. The van der Waals surface area contributed by atoms with E-state index in [1.165, 1.54) is 6.42 Å². The first kappa shape index (κ1) is 17.3. The molecule has 0 spiro atoms. The molecule has 1 aliphatic rings. The summed E-state index contributed by atoms with van der Waals surface area (Å²) in [4.78, 5) is 24.0. The van der Waals surface area contributed by atoms with Gasteiger partial charge in [-0.1, -0.05) is 50.1 Å². The zero-order valence-corrected chi connectivity index (χ0v) is 13.9. The van der Waals surface area contributed by atoms with Gasteiger partial charge >= 0.3 is 6.09 Å². The molecule has 0 aromatic heterocycles. The van der Waals surface area contributed by atoms with E-state index >= 15 is 0 Å². The molecule has 3 atom stereocenters. The molecule has 1 aromatic carbocycles. The van der Waals surface area contributed by atoms with Crippen LogP contribution >= 0.6 is 0 Å². The molecule has 5 heteroatoms. The third kappa shape index (κ3) is 5.58. The van der Waals surface area contributed by atoms with Crippen molar-refractivity contribution >= 4 is 12.0 Å². The molecule has 2 rings (SSSR count). The summed E-state index contributed by atoms with van der Waals surface area (Å²) in [7, 11) is 0. The third-order valence-corrected chi connectivity index (χ3v) is 4.38. The van der Waals surface area contributed by atoms with Crippen molar-refractivity contribution in [1.82, 2.24) is 10.6 Å². The second-order valence-electron chi connectivity index (χ2n) is 6.30. The number of hydrogen-bond acceptors (Lipinski definition) is 3. The number of ether oxygens (including phenoxy) is 1. The molecule has 1 aromatic rings. The molecule has 0 unspecified atom stereocenters. The van der Waals surface area contributed by atoms with Crippen LogP contribution in [0.3, 0.4) is 0 Å². The molecule has 126 valence electrons. The molecule has 0 saturated heterocycles. The number of carbonyl (C=O) groups is 2. The first-order valence-electron chi connectivity index (χ1n) is 8.34. The quantitative estimate of drug-likeness (QED) is 0.877. The SMILES string of the molecule is C[C@H](NC(=O)OCc1ccccc1)C(=O)N[C@H]1CCCC[C@@H]1C. The Morgan fingerprint density at radius 1 is 1.22 bits per heavy atom. The van der Waals surface area contributed by atoms with Crippen LogP contribution in [0, 0.1) is 5.92 Å². The molecule has 0 heterocycles. The summed E-state index contributed by atoms with van der Waals surface area (Å²) in [6, 6.07) is 9.05. The van der Waals surface area contributed by atoms with E-state index in [0.717, 1.165) is 24.8 Å². The summed E-state index contributed by atoms with van der Waals surface area (Å²) in [5.41, 5.74) is 0.913. The van der Waals surface area contributed by atoms with Crippen molar-refractivity contribution in [2.75, 3.05) is 0 Å². The zero-order chi connectivity index (χ0) is 16.7. The normalized spacial score (nSPS) is 22.0. The van der Waals surface area contributed by atoms with Gasteiger partial charge in [0, 0.05) is 6.04 Å². The monoisotopic (exact) mass is 318 g/mol. The van der Waals surface area contributed by atoms with Crippen LogP contribution in [-0.4, -0.2) is 24.1 Å². The smallest absolute Gasteiger partial charge is 0.408 e. The van der Waals surface area contributed by atoms with E-state index in [4.69, 9.17) is 4.74 Å². The van der Waals surface area contributed by atoms with Crippen molar-refractivity contribution in [3.8, 4) is 0 Å². The Bertz CT molecular complexity index is 518. The molecular weight excluding hydrogens is 292 g/mol. The first-order chi connectivity index (χ1) is 11.1. The minimum Gasteiger partial charge on any atom is -0.445 e. The van der Waals surface area contributed by atoms with E-state index in [1.807, 2.05) is 30.3 Å². The van der Waals surface area contributed by atoms with Crippen LogP contribution in [0.25, 0.3) is 0 Å². The van der Waals surface area contributed by atoms with Crippen LogP contribution in [-0.2, 0) is 16.1 Å². The second-order valence-corrected chi connectivity index (χ2v) is 6.30. The highest BCUT2D eigenvalue weighted by Gasteiger charge is 2.25. The van der Waals surface area contributed by atoms with Crippen molar-refractivity contribution in [2.24, 2.45) is 5.92 Å². The van der Waals surface area contributed by atoms with Gasteiger partial charge in [-0.25, -0.2) is 4.79 Å². The topological polar surface area (TPSA) is 67.4 Å². The fourth-order valence-electron chi connectivity index (χ4n) is 2.85. The van der Waals surface area contributed by atoms with Gasteiger partial charge in [-0.15, -0.1) is 0 Å². The Morgan fingerprint density at radius 2 is 1.91 bits per heavy atom. The van der Waals surface area contributed by atoms with Gasteiger partial charge < -0.3 is 15.4 Å². The number of amides is 2. The lowest BCUT2D eigenvalue weighted by molar-refractivity contribution is -0.124. The predicted octanol–water partition coefficient (Wildman–Crippen LogP) is 3.00. The molecule has 5 nitrogen and oxygen atoms in total. The van der Waals surface area contributed by atoms with Crippen molar-refractivity contribution in [1.29, 1.82) is 0 Å². The van der Waals surface area contributed by atoms with E-state index in [1.54, 1.807) is 6.92 Å². The molecule has 0 radical (unpaired) electrons. The Hall–Kier alpha value is -2.04. The predicted molar refractivity (Wildman–Crippen MR) is 88.8 cm³/mol. The van der Waals surface area contributed by atoms with Gasteiger partial charge in [0.15, 0.2) is 0 Å². The molecular formula is C18H26N2O3. The van der Waals surface area contributed by atoms with Crippen LogP contribution in [0.15, 0.2) is 30.3 Å². The fraction of sp³-hybridized carbons (Fsp3) is 0.556. The summed E-state index contributed by atoms with van der Waals surface area (Å²) in [5, 5.41) is 5.62. The highest BCUT2D eigenvalue weighted by molar-refractivity contribution is 5.85. The summed E-state index contributed by atoms with van der Waals surface area (Å²) in [6.07, 6.45) is 3.96. The van der Waals surface area contributed by atoms with Gasteiger partial charge in [-0.3, -0.25) is 4.79 Å². The van der Waals surface area contributed by atoms with Crippen molar-refractivity contribution in [2.45, 2.75) is 58.2 Å². The summed E-state index contributed by atoms with van der Waals surface area (Å²) in [6.45, 7) is 4.03. The van der Waals surface area contributed by atoms with Gasteiger partial charge in [0.25, 0.3) is 0 Å². The maximum Gasteiger partial charge on any atom is 0.408 e. The van der Waals surface area contributed by atoms with Crippen LogP contribution in [0.2, 0.25) is 0 Å². The van der Waals surface area contributed by atoms with Crippen LogP contribution in [0.4, 0.5) is 4.79 Å². The standard InChI is InChI=1S/C18H26N2O3/c1-13-8-6-7-11-16(13)20-17(21)14(2)19-18(22)23-12-15-9-4-3-5-10-15/h3-5,9-10,13-14,16H,6-8,11-12H2,1-2H3,(H,19,22)(H,20,21)/t13-,14-,16-/m0/s1. The Balaban J connectivity index is 1.73. The van der Waals surface area contributed by atoms with Crippen molar-refractivity contribution in [3.05, 3.63) is 35.9 Å². The van der Waals surface area contributed by atoms with E-state index < -0.39 is 12.1 Å². The molecule has 2 N–H and O–H groups in total. The number of alkyl carbamates (subject to hydrolysis) is 1. The van der Waals surface area contributed by atoms with Crippen molar-refractivity contribution in [3.63, 3.8) is 0 Å². The average molecular weight is 318 g/mol. The highest BCUT2D eigenvalue weighted by Crippen LogP contribution is 2.23. The van der Waals surface area contributed by atoms with Gasteiger partial charge in [-0.2, -0.15) is 0 Å². The van der Waals surface area contributed by atoms with E-state index in [0.29, 0.717) is 5.92 Å². The molecule has 0 aliphatic heterocycles. The van der Waals surface area contributed by atoms with E-state index in [9.17, 15) is 9.59 Å². The maximum absolute atomic E-state index is 12.2. The first-order valence-corrected chi connectivity index (χ1v) is 8.34. The van der Waals surface area contributed by atoms with E-state index in [2.05, 4.69) is 17.6 Å². The molecule has 1 saturated carbocycles. The van der Waals surface area contributed by atoms with Gasteiger partial charge in [0.1, 0.15) is 12.6 Å². The highest BCUT2D eigenvalue weighted by atomic mass is 16.5. The second kappa shape index (κ2) is 8.56. The lowest BCUT2D eigenvalue weighted by Crippen LogP contribution is -2.50. The van der Waals surface area contributed by atoms with Gasteiger partial charge in [-0.05, 0) is 31.2 Å². The fourth-order valence-corrected chi connectivity index (χ4v) is 2.85. The molecule has 0 bridgehead atoms. The molecule has 1 fully saturated rings. The zero-order valence-electron chi connectivity index (χ0n) is 13.9. The minimum atomic E-state index is -0.604. The van der Waals surface area contributed by atoms with Gasteiger partial charge in [0.05, 0.1) is 0 Å². The number of carbonyl (C=O) groups excluding carboxylic acids is 2. The summed E-state index contributed by atoms with van der Waals surface area (Å²) in [5.74, 6) is 0.338. The van der Waals surface area contributed by atoms with E-state index in [-0.39, 0.29) is 18.6 Å². The molecule has 1 aliphatic carbocycles. The van der Waals surface area contributed by atoms with Crippen LogP contribution in [0.5, 0.6) is 0 Å². The average Bonchev–Trinajstić information content (AvgIpc) is 2.56. The summed E-state index contributed by atoms with van der Waals surface area (Å²) >= 11 is 0. The Morgan fingerprint density at radius 3 is 2.61 bits per heavy atom. The lowest BCUT2D eigenvalue weighted by atomic mass is 9.86. The third-order valence-electron chi connectivity index (χ3n) is 4.38. The summed E-state index contributed by atoms with van der Waals surface area (Å²) < 4.78 is 5.13. The Labute approximate surface area is 137 Å². The van der Waals surface area contributed by atoms with Gasteiger partial charge in [0.2, 0.25) is 5.91 Å². The maximum atomic E-state index is 12.2. The molecule has 2 amide bonds. The van der Waals surface area contributed by atoms with Crippen LogP contribution in [0.1, 0.15) is 45.1 Å². The number of benzene rings is 1. The number of hydrogen-bond donors (Lipinski definition) is 2. The lowest BCUT2D eigenvalue weighted by Gasteiger charge is -2.30. The minimum absolute atomic E-state index is 0.152. The Kier molecular flexibility index (Phi) is 6.44. The number of rotatable bonds is 5.